The van der Waals surface area contributed by atoms with Crippen LogP contribution in [0, 0.1) is 0 Å². The van der Waals surface area contributed by atoms with Gasteiger partial charge in [0.05, 0.1) is 10.6 Å². The molecule has 1 aliphatic heterocycles. The van der Waals surface area contributed by atoms with E-state index in [9.17, 15) is 18.0 Å². The van der Waals surface area contributed by atoms with Gasteiger partial charge in [0, 0.05) is 42.5 Å². The fourth-order valence-corrected chi connectivity index (χ4v) is 6.46. The number of carbonyl (C=O) groups excluding carboxylic acids is 2. The number of halogens is 1. The molecular formula is C23H24ClN3O4S2. The van der Waals surface area contributed by atoms with Crippen LogP contribution in [0.25, 0.3) is 10.8 Å². The number of hydrogen-bond donors (Lipinski definition) is 1. The number of nitrogens with one attached hydrogen (secondary N) is 1. The highest BCUT2D eigenvalue weighted by molar-refractivity contribution is 7.91. The van der Waals surface area contributed by atoms with Gasteiger partial charge < -0.3 is 10.2 Å². The molecule has 0 atom stereocenters. The monoisotopic (exact) mass is 505 g/mol. The zero-order chi connectivity index (χ0) is 23.6. The molecule has 1 N–H and O–H groups in total. The zero-order valence-corrected chi connectivity index (χ0v) is 20.5. The van der Waals surface area contributed by atoms with Crippen molar-refractivity contribution in [2.45, 2.75) is 37.0 Å². The van der Waals surface area contributed by atoms with Crippen molar-refractivity contribution < 1.29 is 18.0 Å². The van der Waals surface area contributed by atoms with Crippen LogP contribution in [0.1, 0.15) is 37.0 Å². The average Bonchev–Trinajstić information content (AvgIpc) is 3.25. The average molecular weight is 506 g/mol. The molecule has 1 aromatic heterocycles. The molecular weight excluding hydrogens is 482 g/mol. The van der Waals surface area contributed by atoms with E-state index >= 15 is 0 Å². The van der Waals surface area contributed by atoms with Gasteiger partial charge in [0.2, 0.25) is 11.8 Å². The molecule has 0 saturated carbocycles. The maximum Gasteiger partial charge on any atom is 0.223 e. The number of nitrogens with zero attached hydrogens (tertiary/aromatic N) is 2. The fourth-order valence-electron chi connectivity index (χ4n) is 3.98. The number of piperidine rings is 1. The van der Waals surface area contributed by atoms with Crippen LogP contribution in [-0.4, -0.2) is 49.0 Å². The second kappa shape index (κ2) is 9.79. The van der Waals surface area contributed by atoms with E-state index in [0.29, 0.717) is 23.2 Å². The van der Waals surface area contributed by atoms with Gasteiger partial charge in [-0.05, 0) is 53.8 Å². The molecule has 2 heterocycles. The van der Waals surface area contributed by atoms with E-state index in [1.807, 2.05) is 0 Å². The van der Waals surface area contributed by atoms with Gasteiger partial charge in [0.15, 0.2) is 15.0 Å². The van der Waals surface area contributed by atoms with Crippen LogP contribution in [-0.2, 0) is 19.4 Å². The van der Waals surface area contributed by atoms with Crippen LogP contribution in [0.15, 0.2) is 47.5 Å². The third-order valence-electron chi connectivity index (χ3n) is 5.77. The lowest BCUT2D eigenvalue weighted by molar-refractivity contribution is -0.131. The second-order valence-electron chi connectivity index (χ2n) is 8.13. The van der Waals surface area contributed by atoms with Gasteiger partial charge in [0.25, 0.3) is 0 Å². The molecule has 4 rings (SSSR count). The Balaban J connectivity index is 1.32. The minimum absolute atomic E-state index is 0.0428. The number of fused-ring (bicyclic) bond motifs is 1. The third kappa shape index (κ3) is 5.72. The third-order valence-corrected chi connectivity index (χ3v) is 8.80. The summed E-state index contributed by atoms with van der Waals surface area (Å²) in [6, 6.07) is 10.2. The lowest BCUT2D eigenvalue weighted by Gasteiger charge is -2.31. The van der Waals surface area contributed by atoms with Crippen molar-refractivity contribution in [3.63, 3.8) is 0 Å². The zero-order valence-electron chi connectivity index (χ0n) is 18.1. The van der Waals surface area contributed by atoms with Crippen molar-refractivity contribution in [3.8, 4) is 0 Å². The van der Waals surface area contributed by atoms with Crippen molar-refractivity contribution in [2.75, 3.05) is 24.2 Å². The lowest BCUT2D eigenvalue weighted by atomic mass is 9.95. The van der Waals surface area contributed by atoms with Crippen LogP contribution >= 0.6 is 22.9 Å². The largest absolute Gasteiger partial charge is 0.343 e. The number of sulfone groups is 1. The number of benzene rings is 2. The maximum atomic E-state index is 12.8. The molecule has 2 aromatic carbocycles. The summed E-state index contributed by atoms with van der Waals surface area (Å²) in [6.07, 6.45) is 3.31. The highest BCUT2D eigenvalue weighted by Crippen LogP contribution is 2.33. The Bertz CT molecular complexity index is 1300. The van der Waals surface area contributed by atoms with E-state index in [-0.39, 0.29) is 34.8 Å². The molecule has 174 valence electrons. The van der Waals surface area contributed by atoms with Crippen molar-refractivity contribution >= 4 is 60.5 Å². The van der Waals surface area contributed by atoms with Gasteiger partial charge in [-0.25, -0.2) is 13.4 Å². The van der Waals surface area contributed by atoms with Crippen LogP contribution in [0.4, 0.5) is 5.13 Å². The number of thiazole rings is 1. The highest BCUT2D eigenvalue weighted by atomic mass is 35.5. The first kappa shape index (κ1) is 23.7. The first-order chi connectivity index (χ1) is 15.7. The van der Waals surface area contributed by atoms with Gasteiger partial charge in [-0.15, -0.1) is 11.3 Å². The normalized spacial score (nSPS) is 15.0. The summed E-state index contributed by atoms with van der Waals surface area (Å²) in [5.41, 5.74) is 0. The summed E-state index contributed by atoms with van der Waals surface area (Å²) >= 11 is 7.45. The Hall–Kier alpha value is -2.49. The molecule has 1 fully saturated rings. The molecule has 3 aromatic rings. The molecule has 0 radical (unpaired) electrons. The summed E-state index contributed by atoms with van der Waals surface area (Å²) in [7, 11) is -3.58. The number of amides is 2. The van der Waals surface area contributed by atoms with E-state index in [0.717, 1.165) is 28.5 Å². The van der Waals surface area contributed by atoms with Crippen LogP contribution < -0.4 is 5.32 Å². The first-order valence-electron chi connectivity index (χ1n) is 10.6. The first-order valence-corrected chi connectivity index (χ1v) is 13.5. The Morgan fingerprint density at radius 3 is 2.58 bits per heavy atom. The molecule has 0 spiro atoms. The van der Waals surface area contributed by atoms with E-state index in [4.69, 9.17) is 11.6 Å². The number of anilines is 1. The second-order valence-corrected chi connectivity index (χ2v) is 11.7. The number of hydrogen-bond acceptors (Lipinski definition) is 6. The summed E-state index contributed by atoms with van der Waals surface area (Å²) in [5.74, 6) is -0.240. The quantitative estimate of drug-likeness (QED) is 0.533. The molecule has 0 unspecified atom stereocenters. The van der Waals surface area contributed by atoms with Gasteiger partial charge in [-0.2, -0.15) is 0 Å². The number of aromatic nitrogens is 1. The summed E-state index contributed by atoms with van der Waals surface area (Å²) < 4.78 is 25.6. The van der Waals surface area contributed by atoms with E-state index in [2.05, 4.69) is 10.3 Å². The SMILES string of the molecule is CC(=O)Nc1ncc(C2CCN(C(=O)CCS(=O)(=O)c3ccc4cc(Cl)ccc4c3)CC2)s1. The maximum absolute atomic E-state index is 12.8. The minimum atomic E-state index is -3.58. The molecule has 10 heteroatoms. The highest BCUT2D eigenvalue weighted by Gasteiger charge is 2.26. The van der Waals surface area contributed by atoms with E-state index < -0.39 is 9.84 Å². The van der Waals surface area contributed by atoms with Gasteiger partial charge >= 0.3 is 0 Å². The van der Waals surface area contributed by atoms with E-state index in [1.54, 1.807) is 47.5 Å². The molecule has 2 amide bonds. The molecule has 1 saturated heterocycles. The summed E-state index contributed by atoms with van der Waals surface area (Å²) in [5, 5.41) is 5.52. The van der Waals surface area contributed by atoms with Crippen molar-refractivity contribution in [2.24, 2.45) is 0 Å². The smallest absolute Gasteiger partial charge is 0.223 e. The number of rotatable bonds is 6. The van der Waals surface area contributed by atoms with Gasteiger partial charge in [-0.1, -0.05) is 23.7 Å². The Kier molecular flexibility index (Phi) is 7.02. The lowest BCUT2D eigenvalue weighted by Crippen LogP contribution is -2.38. The van der Waals surface area contributed by atoms with Gasteiger partial charge in [-0.3, -0.25) is 9.59 Å². The standard InChI is InChI=1S/C23H24ClN3O4S2/c1-15(28)26-23-25-14-21(32-23)16-6-9-27(10-7-16)22(29)8-11-33(30,31)20-5-3-17-12-19(24)4-2-18(17)13-20/h2-5,12-14,16H,6-11H2,1H3,(H,25,26,28). The number of likely N-dealkylation sites (tertiary alicyclic amines) is 1. The molecule has 0 bridgehead atoms. The fraction of sp³-hybridized carbons (Fsp3) is 0.348. The van der Waals surface area contributed by atoms with Crippen LogP contribution in [0.5, 0.6) is 0 Å². The predicted octanol–water partition coefficient (Wildman–Crippen LogP) is 4.48. The van der Waals surface area contributed by atoms with Crippen LogP contribution in [0.2, 0.25) is 5.02 Å². The van der Waals surface area contributed by atoms with E-state index in [1.165, 1.54) is 18.3 Å². The predicted molar refractivity (Wildman–Crippen MR) is 131 cm³/mol. The molecule has 33 heavy (non-hydrogen) atoms. The van der Waals surface area contributed by atoms with Gasteiger partial charge in [0.1, 0.15) is 0 Å². The molecule has 7 nitrogen and oxygen atoms in total. The van der Waals surface area contributed by atoms with Crippen LogP contribution in [0.3, 0.4) is 0 Å². The Morgan fingerprint density at radius 1 is 1.15 bits per heavy atom. The Morgan fingerprint density at radius 2 is 1.85 bits per heavy atom. The Labute approximate surface area is 201 Å². The van der Waals surface area contributed by atoms with Crippen molar-refractivity contribution in [3.05, 3.63) is 52.5 Å². The summed E-state index contributed by atoms with van der Waals surface area (Å²) in [4.78, 5) is 31.1. The molecule has 0 aliphatic carbocycles. The topological polar surface area (TPSA) is 96.4 Å². The molecule has 1 aliphatic rings. The summed E-state index contributed by atoms with van der Waals surface area (Å²) in [6.45, 7) is 2.60. The van der Waals surface area contributed by atoms with Crippen molar-refractivity contribution in [1.82, 2.24) is 9.88 Å². The van der Waals surface area contributed by atoms with Crippen molar-refractivity contribution in [1.29, 1.82) is 0 Å². The number of carbonyl (C=O) groups is 2. The minimum Gasteiger partial charge on any atom is -0.343 e.